The monoisotopic (exact) mass is 306 g/mol. The van der Waals surface area contributed by atoms with Crippen molar-refractivity contribution in [2.75, 3.05) is 20.2 Å². The SMILES string of the molecule is COCc1cccc(CNC(=O)N2CCC(C(C)O)CC2)c1. The number of nitrogens with one attached hydrogen (secondary N) is 1. The lowest BCUT2D eigenvalue weighted by atomic mass is 9.92. The maximum Gasteiger partial charge on any atom is 0.317 e. The average molecular weight is 306 g/mol. The highest BCUT2D eigenvalue weighted by molar-refractivity contribution is 5.74. The Morgan fingerprint density at radius 1 is 1.41 bits per heavy atom. The predicted octanol–water partition coefficient (Wildman–Crippen LogP) is 2.14. The zero-order chi connectivity index (χ0) is 15.9. The lowest BCUT2D eigenvalue weighted by molar-refractivity contribution is 0.0798. The van der Waals surface area contributed by atoms with Gasteiger partial charge in [-0.1, -0.05) is 24.3 Å². The number of aliphatic hydroxyl groups is 1. The lowest BCUT2D eigenvalue weighted by Gasteiger charge is -2.33. The number of piperidine rings is 1. The van der Waals surface area contributed by atoms with Crippen molar-refractivity contribution in [1.82, 2.24) is 10.2 Å². The summed E-state index contributed by atoms with van der Waals surface area (Å²) in [5.74, 6) is 0.315. The van der Waals surface area contributed by atoms with Gasteiger partial charge in [0.1, 0.15) is 0 Å². The molecule has 1 unspecified atom stereocenters. The summed E-state index contributed by atoms with van der Waals surface area (Å²) in [7, 11) is 1.67. The highest BCUT2D eigenvalue weighted by Crippen LogP contribution is 2.20. The van der Waals surface area contributed by atoms with Crippen LogP contribution < -0.4 is 5.32 Å². The average Bonchev–Trinajstić information content (AvgIpc) is 2.53. The fraction of sp³-hybridized carbons (Fsp3) is 0.588. The van der Waals surface area contributed by atoms with Gasteiger partial charge in [0.05, 0.1) is 12.7 Å². The normalized spacial score (nSPS) is 17.3. The third-order valence-electron chi connectivity index (χ3n) is 4.26. The third kappa shape index (κ3) is 4.71. The van der Waals surface area contributed by atoms with Crippen LogP contribution in [0.4, 0.5) is 4.79 Å². The van der Waals surface area contributed by atoms with E-state index in [4.69, 9.17) is 4.74 Å². The molecular weight excluding hydrogens is 280 g/mol. The Balaban J connectivity index is 1.79. The van der Waals surface area contributed by atoms with Crippen LogP contribution in [0.25, 0.3) is 0 Å². The second-order valence-electron chi connectivity index (χ2n) is 5.98. The minimum absolute atomic E-state index is 0.0267. The Hall–Kier alpha value is -1.59. The highest BCUT2D eigenvalue weighted by atomic mass is 16.5. The van der Waals surface area contributed by atoms with Gasteiger partial charge in [-0.05, 0) is 36.8 Å². The van der Waals surface area contributed by atoms with Crippen molar-refractivity contribution in [3.63, 3.8) is 0 Å². The molecule has 5 nitrogen and oxygen atoms in total. The Morgan fingerprint density at radius 2 is 2.09 bits per heavy atom. The molecule has 1 aliphatic rings. The minimum atomic E-state index is -0.284. The molecule has 1 fully saturated rings. The number of rotatable bonds is 5. The van der Waals surface area contributed by atoms with E-state index in [-0.39, 0.29) is 12.1 Å². The van der Waals surface area contributed by atoms with Gasteiger partial charge < -0.3 is 20.1 Å². The van der Waals surface area contributed by atoms with Crippen LogP contribution in [-0.2, 0) is 17.9 Å². The van der Waals surface area contributed by atoms with Crippen LogP contribution in [0.1, 0.15) is 30.9 Å². The minimum Gasteiger partial charge on any atom is -0.393 e. The van der Waals surface area contributed by atoms with Gasteiger partial charge in [0.2, 0.25) is 0 Å². The van der Waals surface area contributed by atoms with Gasteiger partial charge in [-0.25, -0.2) is 4.79 Å². The number of hydrogen-bond acceptors (Lipinski definition) is 3. The number of urea groups is 1. The second kappa shape index (κ2) is 8.15. The standard InChI is InChI=1S/C17H26N2O3/c1-13(20)16-6-8-19(9-7-16)17(21)18-11-14-4-3-5-15(10-14)12-22-2/h3-5,10,13,16,20H,6-9,11-12H2,1-2H3,(H,18,21). The van der Waals surface area contributed by atoms with Gasteiger partial charge in [0.15, 0.2) is 0 Å². The van der Waals surface area contributed by atoms with E-state index >= 15 is 0 Å². The van der Waals surface area contributed by atoms with Crippen LogP contribution in [0, 0.1) is 5.92 Å². The van der Waals surface area contributed by atoms with Gasteiger partial charge in [0, 0.05) is 26.7 Å². The molecule has 1 heterocycles. The van der Waals surface area contributed by atoms with Gasteiger partial charge in [-0.3, -0.25) is 0 Å². The summed E-state index contributed by atoms with van der Waals surface area (Å²) in [6, 6.07) is 8.00. The van der Waals surface area contributed by atoms with Crippen molar-refractivity contribution in [3.8, 4) is 0 Å². The molecule has 2 rings (SSSR count). The van der Waals surface area contributed by atoms with E-state index in [1.54, 1.807) is 7.11 Å². The van der Waals surface area contributed by atoms with Crippen molar-refractivity contribution in [2.45, 2.75) is 39.0 Å². The number of ether oxygens (including phenoxy) is 1. The summed E-state index contributed by atoms with van der Waals surface area (Å²) < 4.78 is 5.12. The first-order valence-electron chi connectivity index (χ1n) is 7.87. The van der Waals surface area contributed by atoms with E-state index < -0.39 is 0 Å². The lowest BCUT2D eigenvalue weighted by Crippen LogP contribution is -2.45. The first-order chi connectivity index (χ1) is 10.6. The molecule has 1 aromatic carbocycles. The summed E-state index contributed by atoms with van der Waals surface area (Å²) in [6.07, 6.45) is 1.46. The van der Waals surface area contributed by atoms with Crippen LogP contribution in [0.15, 0.2) is 24.3 Å². The third-order valence-corrected chi connectivity index (χ3v) is 4.26. The maximum absolute atomic E-state index is 12.2. The van der Waals surface area contributed by atoms with Crippen LogP contribution >= 0.6 is 0 Å². The first-order valence-corrected chi connectivity index (χ1v) is 7.87. The number of aliphatic hydroxyl groups excluding tert-OH is 1. The number of hydrogen-bond donors (Lipinski definition) is 2. The smallest absolute Gasteiger partial charge is 0.317 e. The summed E-state index contributed by atoms with van der Waals surface area (Å²) in [6.45, 7) is 4.35. The fourth-order valence-electron chi connectivity index (χ4n) is 2.87. The molecule has 0 aliphatic carbocycles. The second-order valence-corrected chi connectivity index (χ2v) is 5.98. The Kier molecular flexibility index (Phi) is 6.21. The summed E-state index contributed by atoms with van der Waals surface area (Å²) in [5, 5.41) is 12.6. The van der Waals surface area contributed by atoms with Crippen molar-refractivity contribution in [2.24, 2.45) is 5.92 Å². The van der Waals surface area contributed by atoms with Crippen molar-refractivity contribution in [1.29, 1.82) is 0 Å². The van der Waals surface area contributed by atoms with Gasteiger partial charge in [0.25, 0.3) is 0 Å². The zero-order valence-corrected chi connectivity index (χ0v) is 13.4. The molecule has 0 aromatic heterocycles. The number of benzene rings is 1. The Morgan fingerprint density at radius 3 is 2.73 bits per heavy atom. The van der Waals surface area contributed by atoms with Crippen molar-refractivity contribution < 1.29 is 14.6 Å². The summed E-state index contributed by atoms with van der Waals surface area (Å²) in [4.78, 5) is 14.0. The fourth-order valence-corrected chi connectivity index (χ4v) is 2.87. The number of likely N-dealkylation sites (tertiary alicyclic amines) is 1. The van der Waals surface area contributed by atoms with E-state index in [9.17, 15) is 9.90 Å². The van der Waals surface area contributed by atoms with Crippen molar-refractivity contribution in [3.05, 3.63) is 35.4 Å². The van der Waals surface area contributed by atoms with Crippen LogP contribution in [0.3, 0.4) is 0 Å². The molecule has 0 spiro atoms. The molecular formula is C17H26N2O3. The molecule has 1 atom stereocenters. The molecule has 0 bridgehead atoms. The molecule has 2 amide bonds. The van der Waals surface area contributed by atoms with E-state index in [1.165, 1.54) is 0 Å². The van der Waals surface area contributed by atoms with Crippen LogP contribution in [0.2, 0.25) is 0 Å². The van der Waals surface area contributed by atoms with Gasteiger partial charge >= 0.3 is 6.03 Å². The quantitative estimate of drug-likeness (QED) is 0.876. The number of carbonyl (C=O) groups excluding carboxylic acids is 1. The van der Waals surface area contributed by atoms with Crippen molar-refractivity contribution >= 4 is 6.03 Å². The van der Waals surface area contributed by atoms with E-state index in [0.29, 0.717) is 32.2 Å². The summed E-state index contributed by atoms with van der Waals surface area (Å²) >= 11 is 0. The Bertz CT molecular complexity index is 483. The van der Waals surface area contributed by atoms with E-state index in [1.807, 2.05) is 36.1 Å². The molecule has 1 aromatic rings. The summed E-state index contributed by atoms with van der Waals surface area (Å²) in [5.41, 5.74) is 2.17. The first kappa shape index (κ1) is 16.8. The van der Waals surface area contributed by atoms with Gasteiger partial charge in [-0.2, -0.15) is 0 Å². The molecule has 122 valence electrons. The molecule has 1 aliphatic heterocycles. The van der Waals surface area contributed by atoms with E-state index in [0.717, 1.165) is 24.0 Å². The largest absolute Gasteiger partial charge is 0.393 e. The molecule has 5 heteroatoms. The van der Waals surface area contributed by atoms with Crippen LogP contribution in [0.5, 0.6) is 0 Å². The zero-order valence-electron chi connectivity index (χ0n) is 13.4. The number of nitrogens with zero attached hydrogens (tertiary/aromatic N) is 1. The maximum atomic E-state index is 12.2. The highest BCUT2D eigenvalue weighted by Gasteiger charge is 2.25. The molecule has 0 saturated carbocycles. The number of amides is 2. The number of methoxy groups -OCH3 is 1. The molecule has 1 saturated heterocycles. The topological polar surface area (TPSA) is 61.8 Å². The van der Waals surface area contributed by atoms with Crippen LogP contribution in [-0.4, -0.2) is 42.3 Å². The van der Waals surface area contributed by atoms with Gasteiger partial charge in [-0.15, -0.1) is 0 Å². The van der Waals surface area contributed by atoms with E-state index in [2.05, 4.69) is 5.32 Å². The Labute approximate surface area is 132 Å². The molecule has 2 N–H and O–H groups in total. The molecule has 0 radical (unpaired) electrons. The number of carbonyl (C=O) groups is 1. The predicted molar refractivity (Wildman–Crippen MR) is 85.4 cm³/mol. The molecule has 22 heavy (non-hydrogen) atoms.